The smallest absolute Gasteiger partial charge is 0.468 e. The van der Waals surface area contributed by atoms with E-state index in [9.17, 15) is 19.2 Å². The molecular formula is C24H35NO10. The monoisotopic (exact) mass is 497 g/mol. The number of hydrogen-bond donors (Lipinski definition) is 1. The van der Waals surface area contributed by atoms with Crippen molar-refractivity contribution in [1.82, 2.24) is 0 Å². The van der Waals surface area contributed by atoms with E-state index < -0.39 is 29.8 Å². The van der Waals surface area contributed by atoms with E-state index in [4.69, 9.17) is 34.2 Å². The minimum absolute atomic E-state index is 0.0231. The zero-order chi connectivity index (χ0) is 26.6. The Morgan fingerprint density at radius 2 is 1.46 bits per heavy atom. The van der Waals surface area contributed by atoms with Crippen molar-refractivity contribution in [2.75, 3.05) is 26.9 Å². The number of rotatable bonds is 11. The molecule has 0 aliphatic heterocycles. The molecule has 1 aromatic rings. The van der Waals surface area contributed by atoms with Crippen LogP contribution in [-0.2, 0) is 35.0 Å². The standard InChI is InChI=1S/C24H35NO10/c1-7-31-21(28)34-17-10-9-16(13-18(17)35-22(29)32-8-2)14-24(25,20(27)30-6)11-12-33-19(26)15-23(3,4)5/h9-10,13H,7-8,11-12,14-15,25H2,1-6H3/t24-/m1/s1. The number of ether oxygens (including phenoxy) is 6. The maximum Gasteiger partial charge on any atom is 0.513 e. The predicted octanol–water partition coefficient (Wildman–Crippen LogP) is 3.54. The summed E-state index contributed by atoms with van der Waals surface area (Å²) in [4.78, 5) is 48.1. The largest absolute Gasteiger partial charge is 0.513 e. The number of carbonyl (C=O) groups excluding carboxylic acids is 4. The van der Waals surface area contributed by atoms with E-state index in [1.54, 1.807) is 13.8 Å². The fraction of sp³-hybridized carbons (Fsp3) is 0.583. The number of carbonyl (C=O) groups is 4. The average molecular weight is 498 g/mol. The highest BCUT2D eigenvalue weighted by Gasteiger charge is 2.36. The van der Waals surface area contributed by atoms with Gasteiger partial charge in [-0.05, 0) is 37.0 Å². The molecule has 0 bridgehead atoms. The van der Waals surface area contributed by atoms with E-state index in [1.807, 2.05) is 20.8 Å². The Balaban J connectivity index is 3.10. The van der Waals surface area contributed by atoms with Crippen molar-refractivity contribution in [2.45, 2.75) is 59.4 Å². The molecule has 1 atom stereocenters. The second-order valence-electron chi connectivity index (χ2n) is 8.88. The van der Waals surface area contributed by atoms with Gasteiger partial charge < -0.3 is 34.2 Å². The number of methoxy groups -OCH3 is 1. The molecule has 0 aliphatic carbocycles. The number of esters is 2. The fourth-order valence-corrected chi connectivity index (χ4v) is 2.96. The maximum atomic E-state index is 12.5. The first-order valence-electron chi connectivity index (χ1n) is 11.2. The molecule has 11 heteroatoms. The molecule has 0 radical (unpaired) electrons. The van der Waals surface area contributed by atoms with Crippen molar-refractivity contribution in [3.63, 3.8) is 0 Å². The van der Waals surface area contributed by atoms with Crippen LogP contribution >= 0.6 is 0 Å². The molecule has 0 fully saturated rings. The minimum Gasteiger partial charge on any atom is -0.468 e. The SMILES string of the molecule is CCOC(=O)Oc1ccc(C[C@](N)(CCOC(=O)CC(C)(C)C)C(=O)OC)cc1OC(=O)OCC. The van der Waals surface area contributed by atoms with Gasteiger partial charge in [-0.3, -0.25) is 9.59 Å². The van der Waals surface area contributed by atoms with Gasteiger partial charge in [0.15, 0.2) is 11.5 Å². The van der Waals surface area contributed by atoms with E-state index in [0.717, 1.165) is 0 Å². The highest BCUT2D eigenvalue weighted by Crippen LogP contribution is 2.31. The molecule has 0 heterocycles. The molecular weight excluding hydrogens is 462 g/mol. The lowest BCUT2D eigenvalue weighted by molar-refractivity contribution is -0.152. The van der Waals surface area contributed by atoms with Gasteiger partial charge in [-0.2, -0.15) is 0 Å². The van der Waals surface area contributed by atoms with E-state index in [0.29, 0.717) is 5.56 Å². The number of nitrogens with two attached hydrogens (primary N) is 1. The summed E-state index contributed by atoms with van der Waals surface area (Å²) in [6, 6.07) is 4.27. The molecule has 0 unspecified atom stereocenters. The summed E-state index contributed by atoms with van der Waals surface area (Å²) in [5.41, 5.74) is 5.00. The summed E-state index contributed by atoms with van der Waals surface area (Å²) in [6.45, 7) is 8.96. The lowest BCUT2D eigenvalue weighted by Gasteiger charge is -2.27. The average Bonchev–Trinajstić information content (AvgIpc) is 2.74. The van der Waals surface area contributed by atoms with Crippen LogP contribution in [0.1, 0.15) is 53.0 Å². The lowest BCUT2D eigenvalue weighted by atomic mass is 9.88. The number of hydrogen-bond acceptors (Lipinski definition) is 11. The molecule has 2 N–H and O–H groups in total. The van der Waals surface area contributed by atoms with E-state index >= 15 is 0 Å². The summed E-state index contributed by atoms with van der Waals surface area (Å²) in [5.74, 6) is -1.37. The molecule has 1 aromatic carbocycles. The van der Waals surface area contributed by atoms with Crippen LogP contribution in [0.4, 0.5) is 9.59 Å². The fourth-order valence-electron chi connectivity index (χ4n) is 2.96. The molecule has 0 saturated heterocycles. The number of benzene rings is 1. The van der Waals surface area contributed by atoms with Crippen LogP contribution in [0.2, 0.25) is 0 Å². The van der Waals surface area contributed by atoms with Crippen molar-refractivity contribution in [1.29, 1.82) is 0 Å². The van der Waals surface area contributed by atoms with Crippen molar-refractivity contribution in [2.24, 2.45) is 11.1 Å². The van der Waals surface area contributed by atoms with Crippen LogP contribution in [0.25, 0.3) is 0 Å². The van der Waals surface area contributed by atoms with Crippen molar-refractivity contribution < 1.29 is 47.6 Å². The van der Waals surface area contributed by atoms with Crippen molar-refractivity contribution >= 4 is 24.2 Å². The summed E-state index contributed by atoms with van der Waals surface area (Å²) in [7, 11) is 1.20. The van der Waals surface area contributed by atoms with Crippen molar-refractivity contribution in [3.8, 4) is 11.5 Å². The van der Waals surface area contributed by atoms with Crippen LogP contribution < -0.4 is 15.2 Å². The Bertz CT molecular complexity index is 893. The van der Waals surface area contributed by atoms with E-state index in [2.05, 4.69) is 0 Å². The third kappa shape index (κ3) is 10.6. The zero-order valence-electron chi connectivity index (χ0n) is 21.1. The first-order chi connectivity index (χ1) is 16.3. The van der Waals surface area contributed by atoms with Gasteiger partial charge in [-0.25, -0.2) is 9.59 Å². The zero-order valence-corrected chi connectivity index (χ0v) is 21.1. The van der Waals surface area contributed by atoms with Gasteiger partial charge in [0.05, 0.1) is 33.4 Å². The van der Waals surface area contributed by atoms with Gasteiger partial charge in [-0.15, -0.1) is 0 Å². The summed E-state index contributed by atoms with van der Waals surface area (Å²) in [5, 5.41) is 0. The Morgan fingerprint density at radius 1 is 0.886 bits per heavy atom. The second-order valence-corrected chi connectivity index (χ2v) is 8.88. The maximum absolute atomic E-state index is 12.5. The van der Waals surface area contributed by atoms with Crippen LogP contribution in [0.15, 0.2) is 18.2 Å². The quantitative estimate of drug-likeness (QED) is 0.272. The van der Waals surface area contributed by atoms with Gasteiger partial charge in [0, 0.05) is 12.8 Å². The van der Waals surface area contributed by atoms with E-state index in [1.165, 1.54) is 25.3 Å². The minimum atomic E-state index is -1.55. The Morgan fingerprint density at radius 3 is 1.97 bits per heavy atom. The van der Waals surface area contributed by atoms with Crippen LogP contribution in [-0.4, -0.2) is 56.7 Å². The lowest BCUT2D eigenvalue weighted by Crippen LogP contribution is -2.51. The highest BCUT2D eigenvalue weighted by atomic mass is 16.7. The molecule has 0 amide bonds. The molecule has 35 heavy (non-hydrogen) atoms. The summed E-state index contributed by atoms with van der Waals surface area (Å²) >= 11 is 0. The van der Waals surface area contributed by atoms with Crippen LogP contribution in [0, 0.1) is 5.41 Å². The molecule has 0 aliphatic rings. The van der Waals surface area contributed by atoms with Gasteiger partial charge >= 0.3 is 24.2 Å². The van der Waals surface area contributed by atoms with Gasteiger partial charge in [0.2, 0.25) is 0 Å². The third-order valence-corrected chi connectivity index (χ3v) is 4.52. The molecule has 0 spiro atoms. The van der Waals surface area contributed by atoms with Crippen LogP contribution in [0.5, 0.6) is 11.5 Å². The molecule has 196 valence electrons. The molecule has 11 nitrogen and oxygen atoms in total. The second kappa shape index (κ2) is 13.5. The topological polar surface area (TPSA) is 150 Å². The normalized spacial score (nSPS) is 12.7. The highest BCUT2D eigenvalue weighted by molar-refractivity contribution is 5.81. The Labute approximate surface area is 205 Å². The molecule has 0 saturated carbocycles. The Hall–Kier alpha value is -3.34. The van der Waals surface area contributed by atoms with Gasteiger partial charge in [0.25, 0.3) is 0 Å². The van der Waals surface area contributed by atoms with Gasteiger partial charge in [-0.1, -0.05) is 26.8 Å². The first kappa shape index (κ1) is 29.7. The van der Waals surface area contributed by atoms with E-state index in [-0.39, 0.29) is 56.0 Å². The van der Waals surface area contributed by atoms with Gasteiger partial charge in [0.1, 0.15) is 5.54 Å². The Kier molecular flexibility index (Phi) is 11.5. The first-order valence-corrected chi connectivity index (χ1v) is 11.2. The summed E-state index contributed by atoms with van der Waals surface area (Å²) in [6.07, 6.45) is -1.89. The molecule has 1 rings (SSSR count). The molecule has 0 aromatic heterocycles. The predicted molar refractivity (Wildman–Crippen MR) is 124 cm³/mol. The third-order valence-electron chi connectivity index (χ3n) is 4.52. The van der Waals surface area contributed by atoms with Crippen molar-refractivity contribution in [3.05, 3.63) is 23.8 Å². The van der Waals surface area contributed by atoms with Crippen LogP contribution in [0.3, 0.4) is 0 Å². The summed E-state index contributed by atoms with van der Waals surface area (Å²) < 4.78 is 29.9.